The number of carbonyl (C=O) groups excluding carboxylic acids is 1. The van der Waals surface area contributed by atoms with Gasteiger partial charge in [-0.15, -0.1) is 0 Å². The minimum absolute atomic E-state index is 0.226. The Bertz CT molecular complexity index is 590. The Morgan fingerprint density at radius 1 is 1.21 bits per heavy atom. The Labute approximate surface area is 113 Å². The van der Waals surface area contributed by atoms with Crippen molar-refractivity contribution in [3.63, 3.8) is 0 Å². The van der Waals surface area contributed by atoms with Crippen LogP contribution < -0.4 is 4.74 Å². The van der Waals surface area contributed by atoms with Crippen molar-refractivity contribution in [1.82, 2.24) is 0 Å². The van der Waals surface area contributed by atoms with E-state index in [0.717, 1.165) is 22.1 Å². The smallest absolute Gasteiger partial charge is 0.313 e. The zero-order valence-electron chi connectivity index (χ0n) is 11.5. The van der Waals surface area contributed by atoms with Crippen LogP contribution in [0.2, 0.25) is 0 Å². The lowest BCUT2D eigenvalue weighted by molar-refractivity contribution is -0.144. The Hall–Kier alpha value is -2.03. The summed E-state index contributed by atoms with van der Waals surface area (Å²) in [6, 6.07) is 11.9. The first-order valence-electron chi connectivity index (χ1n) is 6.41. The fourth-order valence-electron chi connectivity index (χ4n) is 2.22. The summed E-state index contributed by atoms with van der Waals surface area (Å²) in [4.78, 5) is 11.9. The molecule has 1 atom stereocenters. The van der Waals surface area contributed by atoms with Gasteiger partial charge in [-0.2, -0.15) is 0 Å². The summed E-state index contributed by atoms with van der Waals surface area (Å²) >= 11 is 0. The molecular weight excluding hydrogens is 240 g/mol. The van der Waals surface area contributed by atoms with Gasteiger partial charge in [0, 0.05) is 10.9 Å². The van der Waals surface area contributed by atoms with Crippen molar-refractivity contribution in [3.05, 3.63) is 42.0 Å². The molecule has 2 rings (SSSR count). The second kappa shape index (κ2) is 5.74. The lowest BCUT2D eigenvalue weighted by Crippen LogP contribution is -2.14. The molecule has 0 saturated carbocycles. The monoisotopic (exact) mass is 258 g/mol. The van der Waals surface area contributed by atoms with Gasteiger partial charge in [0.1, 0.15) is 5.75 Å². The fourth-order valence-corrected chi connectivity index (χ4v) is 2.22. The zero-order valence-corrected chi connectivity index (χ0v) is 11.5. The maximum atomic E-state index is 11.9. The van der Waals surface area contributed by atoms with E-state index in [1.165, 1.54) is 0 Å². The highest BCUT2D eigenvalue weighted by Gasteiger charge is 2.21. The van der Waals surface area contributed by atoms with Crippen LogP contribution in [0.15, 0.2) is 36.4 Å². The number of methoxy groups -OCH3 is 1. The Kier molecular flexibility index (Phi) is 4.05. The highest BCUT2D eigenvalue weighted by atomic mass is 16.5. The summed E-state index contributed by atoms with van der Waals surface area (Å²) in [6.07, 6.45) is 0. The third kappa shape index (κ3) is 2.55. The van der Waals surface area contributed by atoms with E-state index in [1.54, 1.807) is 7.11 Å². The van der Waals surface area contributed by atoms with Gasteiger partial charge in [0.25, 0.3) is 0 Å². The van der Waals surface area contributed by atoms with E-state index in [1.807, 2.05) is 50.2 Å². The standard InChI is InChI=1S/C16H18O3/c1-4-19-16(17)11(2)13-10-9-12-7-5-6-8-14(12)15(13)18-3/h5-11H,4H2,1-3H3. The van der Waals surface area contributed by atoms with E-state index in [-0.39, 0.29) is 11.9 Å². The first-order chi connectivity index (χ1) is 9.19. The number of fused-ring (bicyclic) bond motifs is 1. The molecule has 100 valence electrons. The fraction of sp³-hybridized carbons (Fsp3) is 0.312. The molecule has 0 bridgehead atoms. The van der Waals surface area contributed by atoms with E-state index in [4.69, 9.17) is 9.47 Å². The lowest BCUT2D eigenvalue weighted by Gasteiger charge is -2.16. The van der Waals surface area contributed by atoms with Crippen molar-refractivity contribution in [3.8, 4) is 5.75 Å². The molecule has 3 nitrogen and oxygen atoms in total. The highest BCUT2D eigenvalue weighted by molar-refractivity contribution is 5.92. The van der Waals surface area contributed by atoms with Crippen LogP contribution in [-0.4, -0.2) is 19.7 Å². The molecule has 0 aliphatic carbocycles. The molecule has 0 amide bonds. The summed E-state index contributed by atoms with van der Waals surface area (Å²) in [6.45, 7) is 4.03. The summed E-state index contributed by atoms with van der Waals surface area (Å²) in [5.74, 6) is 0.189. The summed E-state index contributed by atoms with van der Waals surface area (Å²) < 4.78 is 10.6. The quantitative estimate of drug-likeness (QED) is 0.787. The molecule has 0 saturated heterocycles. The van der Waals surface area contributed by atoms with Crippen molar-refractivity contribution >= 4 is 16.7 Å². The second-order valence-corrected chi connectivity index (χ2v) is 4.38. The molecule has 0 aliphatic rings. The van der Waals surface area contributed by atoms with Crippen LogP contribution >= 0.6 is 0 Å². The minimum Gasteiger partial charge on any atom is -0.496 e. The van der Waals surface area contributed by atoms with Gasteiger partial charge < -0.3 is 9.47 Å². The topological polar surface area (TPSA) is 35.5 Å². The predicted octanol–water partition coefficient (Wildman–Crippen LogP) is 3.52. The van der Waals surface area contributed by atoms with Crippen LogP contribution in [0.3, 0.4) is 0 Å². The van der Waals surface area contributed by atoms with Crippen LogP contribution in [0.4, 0.5) is 0 Å². The van der Waals surface area contributed by atoms with Crippen LogP contribution in [0.25, 0.3) is 10.8 Å². The van der Waals surface area contributed by atoms with Crippen LogP contribution in [0.5, 0.6) is 5.75 Å². The van der Waals surface area contributed by atoms with Gasteiger partial charge in [-0.3, -0.25) is 4.79 Å². The third-order valence-electron chi connectivity index (χ3n) is 3.22. The Morgan fingerprint density at radius 2 is 1.95 bits per heavy atom. The zero-order chi connectivity index (χ0) is 13.8. The first kappa shape index (κ1) is 13.4. The van der Waals surface area contributed by atoms with E-state index >= 15 is 0 Å². The van der Waals surface area contributed by atoms with Gasteiger partial charge in [-0.25, -0.2) is 0 Å². The van der Waals surface area contributed by atoms with Crippen molar-refractivity contribution in [2.75, 3.05) is 13.7 Å². The molecule has 0 aliphatic heterocycles. The molecule has 0 N–H and O–H groups in total. The van der Waals surface area contributed by atoms with Crippen molar-refractivity contribution in [1.29, 1.82) is 0 Å². The largest absolute Gasteiger partial charge is 0.496 e. The average molecular weight is 258 g/mol. The van der Waals surface area contributed by atoms with Gasteiger partial charge in [-0.05, 0) is 19.2 Å². The van der Waals surface area contributed by atoms with Crippen molar-refractivity contribution in [2.24, 2.45) is 0 Å². The predicted molar refractivity (Wildman–Crippen MR) is 75.5 cm³/mol. The molecule has 1 unspecified atom stereocenters. The normalized spacial score (nSPS) is 12.2. The van der Waals surface area contributed by atoms with Crippen molar-refractivity contribution in [2.45, 2.75) is 19.8 Å². The summed E-state index contributed by atoms with van der Waals surface area (Å²) in [7, 11) is 1.63. The van der Waals surface area contributed by atoms with E-state index in [2.05, 4.69) is 0 Å². The van der Waals surface area contributed by atoms with Crippen molar-refractivity contribution < 1.29 is 14.3 Å². The van der Waals surface area contributed by atoms with Crippen LogP contribution in [0.1, 0.15) is 25.3 Å². The first-order valence-corrected chi connectivity index (χ1v) is 6.41. The summed E-state index contributed by atoms with van der Waals surface area (Å²) in [5, 5.41) is 2.11. The molecular formula is C16H18O3. The van der Waals surface area contributed by atoms with Gasteiger partial charge in [0.15, 0.2) is 0 Å². The molecule has 3 heteroatoms. The maximum Gasteiger partial charge on any atom is 0.313 e. The van der Waals surface area contributed by atoms with E-state index in [9.17, 15) is 4.79 Å². The van der Waals surface area contributed by atoms with E-state index in [0.29, 0.717) is 6.61 Å². The maximum absolute atomic E-state index is 11.9. The summed E-state index contributed by atoms with van der Waals surface area (Å²) in [5.41, 5.74) is 0.861. The highest BCUT2D eigenvalue weighted by Crippen LogP contribution is 2.34. The average Bonchev–Trinajstić information content (AvgIpc) is 2.45. The molecule has 0 fully saturated rings. The van der Waals surface area contributed by atoms with Gasteiger partial charge in [0.05, 0.1) is 19.6 Å². The molecule has 2 aromatic rings. The molecule has 19 heavy (non-hydrogen) atoms. The Morgan fingerprint density at radius 3 is 2.63 bits per heavy atom. The van der Waals surface area contributed by atoms with Crippen LogP contribution in [-0.2, 0) is 9.53 Å². The minimum atomic E-state index is -0.334. The molecule has 0 spiro atoms. The molecule has 0 radical (unpaired) electrons. The lowest BCUT2D eigenvalue weighted by atomic mass is 9.96. The SMILES string of the molecule is CCOC(=O)C(C)c1ccc2ccccc2c1OC. The number of esters is 1. The van der Waals surface area contributed by atoms with Gasteiger partial charge in [-0.1, -0.05) is 36.4 Å². The Balaban J connectivity index is 2.51. The van der Waals surface area contributed by atoms with E-state index < -0.39 is 0 Å². The number of ether oxygens (including phenoxy) is 2. The number of carbonyl (C=O) groups is 1. The molecule has 2 aromatic carbocycles. The molecule has 0 heterocycles. The van der Waals surface area contributed by atoms with Gasteiger partial charge in [0.2, 0.25) is 0 Å². The molecule has 0 aromatic heterocycles. The number of hydrogen-bond donors (Lipinski definition) is 0. The van der Waals surface area contributed by atoms with Gasteiger partial charge >= 0.3 is 5.97 Å². The third-order valence-corrected chi connectivity index (χ3v) is 3.22. The number of rotatable bonds is 4. The number of benzene rings is 2. The van der Waals surface area contributed by atoms with Crippen LogP contribution in [0, 0.1) is 0 Å². The second-order valence-electron chi connectivity index (χ2n) is 4.38. The number of hydrogen-bond acceptors (Lipinski definition) is 3.